The molecular formula is C30H37FO3. The van der Waals surface area contributed by atoms with E-state index in [0.29, 0.717) is 24.2 Å². The van der Waals surface area contributed by atoms with Crippen LogP contribution in [0.3, 0.4) is 0 Å². The van der Waals surface area contributed by atoms with Crippen molar-refractivity contribution in [2.24, 2.45) is 23.2 Å². The van der Waals surface area contributed by atoms with E-state index in [1.165, 1.54) is 23.8 Å². The standard InChI is InChI=1S/C25H29FO3.C5H8/c1-25-13-19(15-4-9-22(29-2)21(26)12-15)24-17-7-5-16(27)11-14(17)3-6-18(24)20(25)8-10-23(25)28;1-4-5(2)3/h4,9,11-12,18-20,23,28H,3,5-8,10,13H2,1-2H3;1,5H,2-3H3. The summed E-state index contributed by atoms with van der Waals surface area (Å²) < 4.78 is 19.7. The number of aliphatic hydroxyl groups excluding tert-OH is 1. The van der Waals surface area contributed by atoms with Gasteiger partial charge >= 0.3 is 0 Å². The van der Waals surface area contributed by atoms with Gasteiger partial charge in [-0.05, 0) is 90.7 Å². The van der Waals surface area contributed by atoms with Crippen LogP contribution < -0.4 is 4.74 Å². The van der Waals surface area contributed by atoms with Gasteiger partial charge in [-0.25, -0.2) is 4.39 Å². The van der Waals surface area contributed by atoms with E-state index >= 15 is 0 Å². The number of rotatable bonds is 2. The monoisotopic (exact) mass is 464 g/mol. The number of hydrogen-bond acceptors (Lipinski definition) is 3. The van der Waals surface area contributed by atoms with E-state index in [2.05, 4.69) is 12.8 Å². The molecule has 2 fully saturated rings. The highest BCUT2D eigenvalue weighted by Crippen LogP contribution is 2.63. The third kappa shape index (κ3) is 4.36. The van der Waals surface area contributed by atoms with Crippen molar-refractivity contribution >= 4 is 5.78 Å². The van der Waals surface area contributed by atoms with Gasteiger partial charge in [-0.3, -0.25) is 4.79 Å². The van der Waals surface area contributed by atoms with Crippen molar-refractivity contribution in [2.75, 3.05) is 7.11 Å². The second kappa shape index (κ2) is 9.70. The van der Waals surface area contributed by atoms with Gasteiger partial charge in [0, 0.05) is 18.3 Å². The smallest absolute Gasteiger partial charge is 0.165 e. The van der Waals surface area contributed by atoms with Crippen molar-refractivity contribution < 1.29 is 19.0 Å². The number of benzene rings is 1. The molecule has 0 radical (unpaired) electrons. The molecule has 0 saturated heterocycles. The number of halogens is 1. The van der Waals surface area contributed by atoms with Crippen LogP contribution in [0.15, 0.2) is 41.0 Å². The Balaban J connectivity index is 0.000000499. The van der Waals surface area contributed by atoms with E-state index in [4.69, 9.17) is 11.2 Å². The first kappa shape index (κ1) is 24.7. The Morgan fingerprint density at radius 2 is 1.94 bits per heavy atom. The molecule has 1 aromatic rings. The van der Waals surface area contributed by atoms with Crippen molar-refractivity contribution in [3.05, 3.63) is 52.4 Å². The summed E-state index contributed by atoms with van der Waals surface area (Å²) in [5.41, 5.74) is 4.81. The van der Waals surface area contributed by atoms with E-state index in [1.807, 2.05) is 26.0 Å². The molecule has 1 N–H and O–H groups in total. The lowest BCUT2D eigenvalue weighted by Crippen LogP contribution is -2.45. The van der Waals surface area contributed by atoms with Crippen LogP contribution in [0.4, 0.5) is 4.39 Å². The molecule has 3 nitrogen and oxygen atoms in total. The van der Waals surface area contributed by atoms with Gasteiger partial charge in [0.25, 0.3) is 0 Å². The first-order chi connectivity index (χ1) is 16.2. The highest BCUT2D eigenvalue weighted by molar-refractivity contribution is 5.93. The summed E-state index contributed by atoms with van der Waals surface area (Å²) in [4.78, 5) is 12.0. The largest absolute Gasteiger partial charge is 0.494 e. The SMILES string of the molecule is C#CC(C)C.COc1ccc(C2CC3(C)C(O)CCC3C3CCC4=CC(=O)CCC4=C23)cc1F. The maximum absolute atomic E-state index is 14.6. The zero-order valence-electron chi connectivity index (χ0n) is 20.9. The summed E-state index contributed by atoms with van der Waals surface area (Å²) in [5.74, 6) is 4.07. The number of aliphatic hydroxyl groups is 1. The third-order valence-corrected chi connectivity index (χ3v) is 8.59. The van der Waals surface area contributed by atoms with Crippen LogP contribution in [0.5, 0.6) is 5.75 Å². The van der Waals surface area contributed by atoms with E-state index in [9.17, 15) is 14.3 Å². The minimum absolute atomic E-state index is 0.0845. The maximum Gasteiger partial charge on any atom is 0.165 e. The number of ether oxygens (including phenoxy) is 1. The fraction of sp³-hybridized carbons (Fsp3) is 0.567. The lowest BCUT2D eigenvalue weighted by Gasteiger charge is -2.52. The Hall–Kier alpha value is -2.38. The number of ketones is 1. The first-order valence-corrected chi connectivity index (χ1v) is 12.6. The fourth-order valence-electron chi connectivity index (χ4n) is 6.83. The summed E-state index contributed by atoms with van der Waals surface area (Å²) in [7, 11) is 1.48. The van der Waals surface area contributed by atoms with Crippen LogP contribution in [-0.4, -0.2) is 24.1 Å². The Labute approximate surface area is 203 Å². The van der Waals surface area contributed by atoms with Crippen LogP contribution in [-0.2, 0) is 4.79 Å². The van der Waals surface area contributed by atoms with Crippen molar-refractivity contribution in [3.8, 4) is 18.1 Å². The van der Waals surface area contributed by atoms with Crippen LogP contribution in [0.2, 0.25) is 0 Å². The molecule has 182 valence electrons. The molecule has 0 heterocycles. The molecule has 0 aromatic heterocycles. The Bertz CT molecular complexity index is 1060. The van der Waals surface area contributed by atoms with Gasteiger partial charge in [-0.15, -0.1) is 12.3 Å². The molecule has 5 rings (SSSR count). The molecule has 4 aliphatic rings. The number of allylic oxidation sites excluding steroid dienone is 4. The highest BCUT2D eigenvalue weighted by atomic mass is 19.1. The average Bonchev–Trinajstić information content (AvgIpc) is 3.12. The zero-order valence-corrected chi connectivity index (χ0v) is 20.9. The molecule has 5 unspecified atom stereocenters. The minimum Gasteiger partial charge on any atom is -0.494 e. The molecule has 0 spiro atoms. The highest BCUT2D eigenvalue weighted by Gasteiger charge is 2.56. The number of terminal acetylenes is 1. The Morgan fingerprint density at radius 3 is 2.59 bits per heavy atom. The van der Waals surface area contributed by atoms with Gasteiger partial charge in [-0.2, -0.15) is 0 Å². The van der Waals surface area contributed by atoms with Crippen LogP contribution in [0.25, 0.3) is 0 Å². The van der Waals surface area contributed by atoms with E-state index < -0.39 is 0 Å². The minimum atomic E-state index is -0.336. The molecule has 4 aliphatic carbocycles. The summed E-state index contributed by atoms with van der Waals surface area (Å²) >= 11 is 0. The second-order valence-electron chi connectivity index (χ2n) is 10.9. The number of methoxy groups -OCH3 is 1. The van der Waals surface area contributed by atoms with E-state index in [-0.39, 0.29) is 34.8 Å². The van der Waals surface area contributed by atoms with Crippen molar-refractivity contribution in [1.82, 2.24) is 0 Å². The van der Waals surface area contributed by atoms with Gasteiger partial charge in [0.15, 0.2) is 17.3 Å². The predicted octanol–water partition coefficient (Wildman–Crippen LogP) is 6.37. The van der Waals surface area contributed by atoms with Crippen molar-refractivity contribution in [1.29, 1.82) is 0 Å². The van der Waals surface area contributed by atoms with Crippen LogP contribution >= 0.6 is 0 Å². The van der Waals surface area contributed by atoms with Gasteiger partial charge in [0.05, 0.1) is 13.2 Å². The van der Waals surface area contributed by atoms with E-state index in [1.54, 1.807) is 12.1 Å². The van der Waals surface area contributed by atoms with Crippen molar-refractivity contribution in [2.45, 2.75) is 77.7 Å². The predicted molar refractivity (Wildman–Crippen MR) is 133 cm³/mol. The molecule has 34 heavy (non-hydrogen) atoms. The maximum atomic E-state index is 14.6. The second-order valence-corrected chi connectivity index (χ2v) is 10.9. The number of carbonyl (C=O) groups is 1. The molecular weight excluding hydrogens is 427 g/mol. The molecule has 0 bridgehead atoms. The first-order valence-electron chi connectivity index (χ1n) is 12.6. The lowest BCUT2D eigenvalue weighted by molar-refractivity contribution is -0.114. The summed E-state index contributed by atoms with van der Waals surface area (Å²) in [6, 6.07) is 5.31. The Morgan fingerprint density at radius 1 is 1.21 bits per heavy atom. The third-order valence-electron chi connectivity index (χ3n) is 8.59. The summed E-state index contributed by atoms with van der Waals surface area (Å²) in [5, 5.41) is 10.9. The van der Waals surface area contributed by atoms with Crippen LogP contribution in [0, 0.1) is 41.3 Å². The zero-order chi connectivity index (χ0) is 24.6. The van der Waals surface area contributed by atoms with Gasteiger partial charge in [0.1, 0.15) is 0 Å². The Kier molecular flexibility index (Phi) is 7.06. The molecule has 5 atom stereocenters. The molecule has 4 heteroatoms. The van der Waals surface area contributed by atoms with Gasteiger partial charge in [-0.1, -0.05) is 32.4 Å². The summed E-state index contributed by atoms with van der Waals surface area (Å²) in [6.45, 7) is 6.21. The summed E-state index contributed by atoms with van der Waals surface area (Å²) in [6.07, 6.45) is 12.6. The number of carbonyl (C=O) groups excluding carboxylic acids is 1. The normalized spacial score (nSPS) is 32.1. The lowest BCUT2D eigenvalue weighted by atomic mass is 9.53. The van der Waals surface area contributed by atoms with Gasteiger partial charge in [0.2, 0.25) is 0 Å². The molecule has 0 amide bonds. The fourth-order valence-corrected chi connectivity index (χ4v) is 6.83. The van der Waals surface area contributed by atoms with E-state index in [0.717, 1.165) is 44.1 Å². The molecule has 2 saturated carbocycles. The number of fused-ring (bicyclic) bond motifs is 4. The quantitative estimate of drug-likeness (QED) is 0.517. The van der Waals surface area contributed by atoms with Gasteiger partial charge < -0.3 is 9.84 Å². The van der Waals surface area contributed by atoms with Crippen LogP contribution in [0.1, 0.15) is 77.2 Å². The van der Waals surface area contributed by atoms with Crippen molar-refractivity contribution in [3.63, 3.8) is 0 Å². The number of hydrogen-bond donors (Lipinski definition) is 1. The topological polar surface area (TPSA) is 46.5 Å². The molecule has 1 aromatic carbocycles. The molecule has 0 aliphatic heterocycles. The average molecular weight is 465 g/mol.